The Balaban J connectivity index is 1.29. The number of nitrogens with zero attached hydrogens (tertiary/aromatic N) is 2. The highest BCUT2D eigenvalue weighted by atomic mass is 32.2. The highest BCUT2D eigenvalue weighted by Gasteiger charge is 2.21. The van der Waals surface area contributed by atoms with E-state index in [0.717, 1.165) is 47.7 Å². The minimum atomic E-state index is -0.202. The summed E-state index contributed by atoms with van der Waals surface area (Å²) in [5, 5.41) is 9.96. The molecule has 2 amide bonds. The number of urea groups is 1. The van der Waals surface area contributed by atoms with Gasteiger partial charge in [-0.1, -0.05) is 12.1 Å². The molecule has 5 nitrogen and oxygen atoms in total. The number of amides is 2. The molecule has 0 bridgehead atoms. The summed E-state index contributed by atoms with van der Waals surface area (Å²) in [5.41, 5.74) is 3.36. The lowest BCUT2D eigenvalue weighted by atomic mass is 10.1. The topological polar surface area (TPSA) is 61.0 Å². The second-order valence-corrected chi connectivity index (χ2v) is 6.92. The van der Waals surface area contributed by atoms with Gasteiger partial charge in [-0.15, -0.1) is 0 Å². The van der Waals surface area contributed by atoms with E-state index < -0.39 is 0 Å². The molecule has 3 rings (SSSR count). The van der Waals surface area contributed by atoms with E-state index in [-0.39, 0.29) is 11.8 Å². The van der Waals surface area contributed by atoms with Crippen molar-refractivity contribution >= 4 is 17.8 Å². The molecule has 24 heavy (non-hydrogen) atoms. The van der Waals surface area contributed by atoms with E-state index in [2.05, 4.69) is 15.5 Å². The van der Waals surface area contributed by atoms with Gasteiger partial charge in [-0.3, -0.25) is 5.10 Å². The molecule has 7 heteroatoms. The number of benzene rings is 1. The minimum absolute atomic E-state index is 0.00890. The molecule has 128 valence electrons. The molecule has 2 aromatic rings. The van der Waals surface area contributed by atoms with Crippen molar-refractivity contribution in [2.45, 2.75) is 25.1 Å². The number of hydrogen-bond donors (Lipinski definition) is 2. The number of nitrogens with one attached hydrogen (secondary N) is 2. The maximum Gasteiger partial charge on any atom is 0.317 e. The van der Waals surface area contributed by atoms with Crippen LogP contribution in [0, 0.1) is 5.82 Å². The van der Waals surface area contributed by atoms with Crippen molar-refractivity contribution in [3.8, 4) is 0 Å². The summed E-state index contributed by atoms with van der Waals surface area (Å²) >= 11 is 1.79. The molecule has 0 radical (unpaired) electrons. The van der Waals surface area contributed by atoms with Crippen LogP contribution in [-0.2, 0) is 18.7 Å². The van der Waals surface area contributed by atoms with Crippen LogP contribution < -0.4 is 5.32 Å². The van der Waals surface area contributed by atoms with Crippen LogP contribution in [-0.4, -0.2) is 40.0 Å². The predicted molar refractivity (Wildman–Crippen MR) is 93.3 cm³/mol. The first-order chi connectivity index (χ1) is 11.7. The molecule has 1 aromatic heterocycles. The molecule has 1 aliphatic rings. The van der Waals surface area contributed by atoms with Gasteiger partial charge in [0.2, 0.25) is 0 Å². The number of rotatable bonds is 6. The molecule has 1 aromatic carbocycles. The molecular weight excluding hydrogens is 327 g/mol. The molecule has 0 saturated carbocycles. The van der Waals surface area contributed by atoms with Crippen LogP contribution in [0.5, 0.6) is 0 Å². The fraction of sp³-hybridized carbons (Fsp3) is 0.412. The number of thioether (sulfide) groups is 1. The van der Waals surface area contributed by atoms with E-state index >= 15 is 0 Å². The van der Waals surface area contributed by atoms with Gasteiger partial charge < -0.3 is 10.2 Å². The molecular formula is C17H21FN4OS. The predicted octanol–water partition coefficient (Wildman–Crippen LogP) is 2.94. The van der Waals surface area contributed by atoms with Gasteiger partial charge in [0.1, 0.15) is 5.82 Å². The Labute approximate surface area is 145 Å². The molecule has 2 N–H and O–H groups in total. The van der Waals surface area contributed by atoms with Crippen LogP contribution in [0.25, 0.3) is 0 Å². The molecule has 0 saturated heterocycles. The van der Waals surface area contributed by atoms with E-state index in [9.17, 15) is 9.18 Å². The van der Waals surface area contributed by atoms with Crippen LogP contribution in [0.15, 0.2) is 30.5 Å². The third-order valence-electron chi connectivity index (χ3n) is 4.01. The van der Waals surface area contributed by atoms with Crippen LogP contribution in [0.4, 0.5) is 9.18 Å². The maximum atomic E-state index is 12.8. The van der Waals surface area contributed by atoms with Crippen LogP contribution in [0.3, 0.4) is 0 Å². The Morgan fingerprint density at radius 2 is 2.21 bits per heavy atom. The average Bonchev–Trinajstić information content (AvgIpc) is 3.07. The van der Waals surface area contributed by atoms with Gasteiger partial charge in [0, 0.05) is 36.5 Å². The lowest BCUT2D eigenvalue weighted by Crippen LogP contribution is -2.43. The smallest absolute Gasteiger partial charge is 0.317 e. The lowest BCUT2D eigenvalue weighted by molar-refractivity contribution is 0.192. The Morgan fingerprint density at radius 1 is 1.38 bits per heavy atom. The van der Waals surface area contributed by atoms with Crippen molar-refractivity contribution in [1.82, 2.24) is 20.4 Å². The zero-order valence-electron chi connectivity index (χ0n) is 13.4. The molecule has 2 heterocycles. The van der Waals surface area contributed by atoms with Crippen LogP contribution in [0.2, 0.25) is 0 Å². The zero-order chi connectivity index (χ0) is 16.8. The summed E-state index contributed by atoms with van der Waals surface area (Å²) in [4.78, 5) is 14.0. The van der Waals surface area contributed by atoms with Gasteiger partial charge in [-0.05, 0) is 29.9 Å². The molecule has 0 spiro atoms. The maximum absolute atomic E-state index is 12.8. The summed E-state index contributed by atoms with van der Waals surface area (Å²) in [7, 11) is 0. The summed E-state index contributed by atoms with van der Waals surface area (Å²) in [6.45, 7) is 2.02. The fourth-order valence-electron chi connectivity index (χ4n) is 2.65. The van der Waals surface area contributed by atoms with E-state index in [1.165, 1.54) is 12.1 Å². The van der Waals surface area contributed by atoms with Gasteiger partial charge in [0.15, 0.2) is 0 Å². The zero-order valence-corrected chi connectivity index (χ0v) is 14.2. The second kappa shape index (κ2) is 8.19. The molecule has 1 aliphatic heterocycles. The molecule has 0 unspecified atom stereocenters. The summed E-state index contributed by atoms with van der Waals surface area (Å²) < 4.78 is 12.8. The summed E-state index contributed by atoms with van der Waals surface area (Å²) in [6, 6.07) is 6.58. The largest absolute Gasteiger partial charge is 0.338 e. The molecule has 0 aliphatic carbocycles. The second-order valence-electron chi connectivity index (χ2n) is 5.81. The van der Waals surface area contributed by atoms with Crippen molar-refractivity contribution in [1.29, 1.82) is 0 Å². The van der Waals surface area contributed by atoms with Gasteiger partial charge >= 0.3 is 6.03 Å². The quantitative estimate of drug-likeness (QED) is 0.789. The number of carbonyl (C=O) groups excluding carboxylic acids is 1. The van der Waals surface area contributed by atoms with E-state index in [1.807, 2.05) is 17.0 Å². The van der Waals surface area contributed by atoms with Crippen LogP contribution >= 0.6 is 11.8 Å². The first-order valence-electron chi connectivity index (χ1n) is 8.08. The molecule has 0 fully saturated rings. The van der Waals surface area contributed by atoms with Gasteiger partial charge in [0.25, 0.3) is 0 Å². The highest BCUT2D eigenvalue weighted by Crippen LogP contribution is 2.16. The summed E-state index contributed by atoms with van der Waals surface area (Å²) in [5.74, 6) is 1.62. The summed E-state index contributed by atoms with van der Waals surface area (Å²) in [6.07, 6.45) is 3.54. The standard InChI is InChI=1S/C17H21FN4OS/c18-15-4-2-13(3-5-15)12-24-9-1-7-19-17(23)22-8-6-16-14(11-22)10-20-21-16/h2-5,10H,1,6-9,11-12H2,(H,19,23)(H,20,21). The van der Waals surface area contributed by atoms with E-state index in [1.54, 1.807) is 18.0 Å². The third kappa shape index (κ3) is 4.50. The highest BCUT2D eigenvalue weighted by molar-refractivity contribution is 7.98. The minimum Gasteiger partial charge on any atom is -0.338 e. The fourth-order valence-corrected chi connectivity index (χ4v) is 3.57. The first kappa shape index (κ1) is 16.8. The van der Waals surface area contributed by atoms with Gasteiger partial charge in [-0.2, -0.15) is 16.9 Å². The number of fused-ring (bicyclic) bond motifs is 1. The van der Waals surface area contributed by atoms with Crippen LogP contribution in [0.1, 0.15) is 23.2 Å². The number of aromatic nitrogens is 2. The first-order valence-corrected chi connectivity index (χ1v) is 9.24. The van der Waals surface area contributed by atoms with E-state index in [4.69, 9.17) is 0 Å². The van der Waals surface area contributed by atoms with Gasteiger partial charge in [0.05, 0.1) is 12.7 Å². The van der Waals surface area contributed by atoms with Gasteiger partial charge in [-0.25, -0.2) is 9.18 Å². The van der Waals surface area contributed by atoms with Crippen molar-refractivity contribution in [3.63, 3.8) is 0 Å². The number of carbonyl (C=O) groups is 1. The van der Waals surface area contributed by atoms with Crippen molar-refractivity contribution in [2.75, 3.05) is 18.8 Å². The lowest BCUT2D eigenvalue weighted by Gasteiger charge is -2.26. The van der Waals surface area contributed by atoms with Crippen molar-refractivity contribution < 1.29 is 9.18 Å². The average molecular weight is 348 g/mol. The van der Waals surface area contributed by atoms with Crippen molar-refractivity contribution in [2.24, 2.45) is 0 Å². The normalized spacial score (nSPS) is 13.6. The number of hydrogen-bond acceptors (Lipinski definition) is 3. The van der Waals surface area contributed by atoms with Crippen molar-refractivity contribution in [3.05, 3.63) is 53.1 Å². The SMILES string of the molecule is O=C(NCCCSCc1ccc(F)cc1)N1CCc2[nH]ncc2C1. The number of halogens is 1. The Bertz CT molecular complexity index is 673. The Kier molecular flexibility index (Phi) is 5.74. The third-order valence-corrected chi connectivity index (χ3v) is 5.13. The molecule has 0 atom stereocenters. The Hall–Kier alpha value is -2.02. The number of aromatic amines is 1. The Morgan fingerprint density at radius 3 is 3.04 bits per heavy atom. The van der Waals surface area contributed by atoms with E-state index in [0.29, 0.717) is 13.1 Å². The monoisotopic (exact) mass is 348 g/mol. The number of H-pyrrole nitrogens is 1.